The van der Waals surface area contributed by atoms with Crippen LogP contribution in [-0.2, 0) is 14.3 Å². The molecule has 0 aromatic rings. The number of ether oxygens (including phenoxy) is 2. The zero-order chi connectivity index (χ0) is 13.1. The number of methoxy groups -OCH3 is 1. The fourth-order valence-corrected chi connectivity index (χ4v) is 1.43. The van der Waals surface area contributed by atoms with E-state index in [-0.39, 0.29) is 25.0 Å². The summed E-state index contributed by atoms with van der Waals surface area (Å²) in [7, 11) is 1.53. The molecule has 0 aliphatic carbocycles. The van der Waals surface area contributed by atoms with E-state index in [0.717, 1.165) is 0 Å². The van der Waals surface area contributed by atoms with Gasteiger partial charge in [0.25, 0.3) is 6.43 Å². The fraction of sp³-hybridized carbons (Fsp3) is 0.900. The highest BCUT2D eigenvalue weighted by molar-refractivity contribution is 6.17. The number of hydrogen-bond donors (Lipinski definition) is 1. The van der Waals surface area contributed by atoms with Gasteiger partial charge in [0, 0.05) is 19.4 Å². The summed E-state index contributed by atoms with van der Waals surface area (Å²) in [6.45, 7) is -0.288. The lowest BCUT2D eigenvalue weighted by Crippen LogP contribution is -2.38. The van der Waals surface area contributed by atoms with Crippen LogP contribution in [0.15, 0.2) is 0 Å². The number of hydrogen-bond acceptors (Lipinski definition) is 3. The van der Waals surface area contributed by atoms with Gasteiger partial charge < -0.3 is 14.8 Å². The first-order chi connectivity index (χ1) is 8.10. The Bertz CT molecular complexity index is 202. The maximum atomic E-state index is 11.7. The van der Waals surface area contributed by atoms with Gasteiger partial charge >= 0.3 is 0 Å². The highest BCUT2D eigenvalue weighted by atomic mass is 35.5. The zero-order valence-corrected chi connectivity index (χ0v) is 10.5. The summed E-state index contributed by atoms with van der Waals surface area (Å²) >= 11 is 5.56. The molecule has 0 spiro atoms. The first-order valence-corrected chi connectivity index (χ1v) is 5.83. The molecule has 0 bridgehead atoms. The Morgan fingerprint density at radius 1 is 1.41 bits per heavy atom. The number of rotatable bonds is 10. The third-order valence-electron chi connectivity index (χ3n) is 1.91. The first kappa shape index (κ1) is 16.5. The maximum Gasteiger partial charge on any atom is 0.261 e. The van der Waals surface area contributed by atoms with Crippen LogP contribution in [0.5, 0.6) is 0 Å². The molecule has 1 N–H and O–H groups in total. The van der Waals surface area contributed by atoms with Gasteiger partial charge in [-0.3, -0.25) is 4.79 Å². The molecule has 0 aliphatic rings. The van der Waals surface area contributed by atoms with Crippen molar-refractivity contribution in [1.82, 2.24) is 5.32 Å². The van der Waals surface area contributed by atoms with Crippen LogP contribution < -0.4 is 5.32 Å². The molecule has 0 saturated carbocycles. The van der Waals surface area contributed by atoms with Crippen molar-refractivity contribution in [2.45, 2.75) is 25.3 Å². The smallest absolute Gasteiger partial charge is 0.261 e. The molecular formula is C10H18ClF2NO3. The zero-order valence-electron chi connectivity index (χ0n) is 9.76. The molecule has 0 aromatic carbocycles. The molecule has 0 rings (SSSR count). The van der Waals surface area contributed by atoms with E-state index < -0.39 is 13.0 Å². The molecule has 0 aromatic heterocycles. The molecule has 102 valence electrons. The number of nitrogens with one attached hydrogen (secondary N) is 1. The van der Waals surface area contributed by atoms with Gasteiger partial charge in [0.1, 0.15) is 6.61 Å². The van der Waals surface area contributed by atoms with Gasteiger partial charge in [-0.25, -0.2) is 8.78 Å². The topological polar surface area (TPSA) is 47.6 Å². The average molecular weight is 274 g/mol. The van der Waals surface area contributed by atoms with Gasteiger partial charge in [0.2, 0.25) is 5.91 Å². The van der Waals surface area contributed by atoms with Gasteiger partial charge in [-0.15, -0.1) is 11.6 Å². The summed E-state index contributed by atoms with van der Waals surface area (Å²) < 4.78 is 32.9. The number of alkyl halides is 3. The number of carbonyl (C=O) groups is 1. The second kappa shape index (κ2) is 10.7. The summed E-state index contributed by atoms with van der Waals surface area (Å²) in [5.41, 5.74) is 0. The normalized spacial score (nSPS) is 12.8. The molecule has 4 nitrogen and oxygen atoms in total. The lowest BCUT2D eigenvalue weighted by atomic mass is 10.2. The second-order valence-corrected chi connectivity index (χ2v) is 3.79. The van der Waals surface area contributed by atoms with Crippen molar-refractivity contribution in [3.8, 4) is 0 Å². The van der Waals surface area contributed by atoms with Crippen LogP contribution in [-0.4, -0.2) is 51.2 Å². The summed E-state index contributed by atoms with van der Waals surface area (Å²) in [5, 5.41) is 2.69. The van der Waals surface area contributed by atoms with Crippen LogP contribution in [0.25, 0.3) is 0 Å². The number of amides is 1. The molecule has 1 atom stereocenters. The molecule has 1 unspecified atom stereocenters. The van der Waals surface area contributed by atoms with E-state index in [1.54, 1.807) is 0 Å². The van der Waals surface area contributed by atoms with E-state index in [0.29, 0.717) is 18.9 Å². The van der Waals surface area contributed by atoms with Crippen LogP contribution in [0.2, 0.25) is 0 Å². The van der Waals surface area contributed by atoms with E-state index in [1.165, 1.54) is 7.11 Å². The minimum Gasteiger partial charge on any atom is -0.383 e. The number of carbonyl (C=O) groups excluding carboxylic acids is 1. The first-order valence-electron chi connectivity index (χ1n) is 5.30. The predicted octanol–water partition coefficient (Wildman–Crippen LogP) is 1.42. The molecular weight excluding hydrogens is 256 g/mol. The second-order valence-electron chi connectivity index (χ2n) is 3.41. The van der Waals surface area contributed by atoms with Gasteiger partial charge in [-0.05, 0) is 6.42 Å². The average Bonchev–Trinajstić information content (AvgIpc) is 2.25. The van der Waals surface area contributed by atoms with E-state index in [4.69, 9.17) is 16.3 Å². The van der Waals surface area contributed by atoms with Crippen molar-refractivity contribution in [2.24, 2.45) is 0 Å². The Balaban J connectivity index is 3.66. The largest absolute Gasteiger partial charge is 0.383 e. The Labute approximate surface area is 105 Å². The quantitative estimate of drug-likeness (QED) is 0.484. The Morgan fingerprint density at radius 3 is 2.65 bits per heavy atom. The summed E-state index contributed by atoms with van der Waals surface area (Å²) in [6, 6.07) is -0.153. The molecule has 7 heteroatoms. The third-order valence-corrected chi connectivity index (χ3v) is 2.13. The highest BCUT2D eigenvalue weighted by Crippen LogP contribution is 1.97. The Kier molecular flexibility index (Phi) is 10.4. The van der Waals surface area contributed by atoms with Crippen LogP contribution >= 0.6 is 11.6 Å². The predicted molar refractivity (Wildman–Crippen MR) is 60.6 cm³/mol. The minimum atomic E-state index is -2.50. The van der Waals surface area contributed by atoms with Crippen molar-refractivity contribution in [2.75, 3.05) is 32.8 Å². The fourth-order valence-electron chi connectivity index (χ4n) is 1.17. The standard InChI is InChI=1S/C10H18ClF2NO3/c1-16-6-8(2-4-11)14-10(15)3-5-17-7-9(12)13/h8-9H,2-7H2,1H3,(H,14,15). The highest BCUT2D eigenvalue weighted by Gasteiger charge is 2.11. The van der Waals surface area contributed by atoms with E-state index in [9.17, 15) is 13.6 Å². The molecule has 0 heterocycles. The van der Waals surface area contributed by atoms with E-state index in [1.807, 2.05) is 0 Å². The van der Waals surface area contributed by atoms with Gasteiger partial charge in [0.05, 0.1) is 19.3 Å². The van der Waals surface area contributed by atoms with Gasteiger partial charge in [-0.2, -0.15) is 0 Å². The molecule has 0 fully saturated rings. The van der Waals surface area contributed by atoms with Gasteiger partial charge in [0.15, 0.2) is 0 Å². The maximum absolute atomic E-state index is 11.7. The summed E-state index contributed by atoms with van der Waals surface area (Å²) in [4.78, 5) is 11.4. The lowest BCUT2D eigenvalue weighted by Gasteiger charge is -2.16. The Hall–Kier alpha value is -0.460. The monoisotopic (exact) mass is 273 g/mol. The van der Waals surface area contributed by atoms with Gasteiger partial charge in [-0.1, -0.05) is 0 Å². The van der Waals surface area contributed by atoms with Crippen molar-refractivity contribution in [1.29, 1.82) is 0 Å². The van der Waals surface area contributed by atoms with Crippen LogP contribution in [0, 0.1) is 0 Å². The Morgan fingerprint density at radius 2 is 2.12 bits per heavy atom. The minimum absolute atomic E-state index is 0.0171. The van der Waals surface area contributed by atoms with Crippen molar-refractivity contribution in [3.63, 3.8) is 0 Å². The van der Waals surface area contributed by atoms with E-state index in [2.05, 4.69) is 10.1 Å². The lowest BCUT2D eigenvalue weighted by molar-refractivity contribution is -0.123. The van der Waals surface area contributed by atoms with Crippen LogP contribution in [0.3, 0.4) is 0 Å². The van der Waals surface area contributed by atoms with E-state index >= 15 is 0 Å². The SMILES string of the molecule is COCC(CCCl)NC(=O)CCOCC(F)F. The number of halogens is 3. The molecule has 0 radical (unpaired) electrons. The third kappa shape index (κ3) is 10.4. The summed E-state index contributed by atoms with van der Waals surface area (Å²) in [6.07, 6.45) is -1.86. The van der Waals surface area contributed by atoms with Crippen molar-refractivity contribution >= 4 is 17.5 Å². The molecule has 17 heavy (non-hydrogen) atoms. The van der Waals surface area contributed by atoms with Crippen molar-refractivity contribution < 1.29 is 23.0 Å². The summed E-state index contributed by atoms with van der Waals surface area (Å²) in [5.74, 6) is 0.155. The molecule has 1 amide bonds. The van der Waals surface area contributed by atoms with Crippen LogP contribution in [0.4, 0.5) is 8.78 Å². The van der Waals surface area contributed by atoms with Crippen molar-refractivity contribution in [3.05, 3.63) is 0 Å². The van der Waals surface area contributed by atoms with Crippen LogP contribution in [0.1, 0.15) is 12.8 Å². The molecule has 0 aliphatic heterocycles. The molecule has 0 saturated heterocycles.